The zero-order chi connectivity index (χ0) is 12.5. The van der Waals surface area contributed by atoms with Gasteiger partial charge in [-0.2, -0.15) is 0 Å². The van der Waals surface area contributed by atoms with Crippen LogP contribution >= 0.6 is 0 Å². The monoisotopic (exact) mass is 248 g/mol. The van der Waals surface area contributed by atoms with E-state index in [-0.39, 0.29) is 12.0 Å². The molecule has 2 heterocycles. The summed E-state index contributed by atoms with van der Waals surface area (Å²) in [6.45, 7) is 1.36. The second kappa shape index (κ2) is 4.49. The predicted molar refractivity (Wildman–Crippen MR) is 67.7 cm³/mol. The van der Waals surface area contributed by atoms with Gasteiger partial charge in [-0.1, -0.05) is 0 Å². The molecule has 5 heteroatoms. The molecule has 1 aromatic carbocycles. The van der Waals surface area contributed by atoms with E-state index in [0.717, 1.165) is 30.7 Å². The molecular formula is C13H16N2O3. The van der Waals surface area contributed by atoms with Crippen molar-refractivity contribution in [3.8, 4) is 5.75 Å². The Labute approximate surface area is 105 Å². The van der Waals surface area contributed by atoms with Gasteiger partial charge in [0.25, 0.3) is 0 Å². The van der Waals surface area contributed by atoms with Gasteiger partial charge in [0.1, 0.15) is 11.9 Å². The summed E-state index contributed by atoms with van der Waals surface area (Å²) in [5.41, 5.74) is 8.39. The number of anilines is 2. The maximum absolute atomic E-state index is 11.3. The highest BCUT2D eigenvalue weighted by Gasteiger charge is 2.21. The van der Waals surface area contributed by atoms with Gasteiger partial charge in [-0.15, -0.1) is 0 Å². The molecule has 0 spiro atoms. The van der Waals surface area contributed by atoms with Crippen LogP contribution in [-0.4, -0.2) is 25.2 Å². The first-order chi connectivity index (χ1) is 8.72. The molecule has 2 aliphatic heterocycles. The van der Waals surface area contributed by atoms with Crippen LogP contribution in [0.2, 0.25) is 0 Å². The van der Waals surface area contributed by atoms with Gasteiger partial charge in [0, 0.05) is 18.5 Å². The van der Waals surface area contributed by atoms with E-state index in [9.17, 15) is 4.79 Å². The molecule has 0 aromatic heterocycles. The minimum atomic E-state index is 0.0414. The number of carbonyl (C=O) groups is 1. The number of nitrogens with two attached hydrogens (primary N) is 1. The van der Waals surface area contributed by atoms with Crippen molar-refractivity contribution < 1.29 is 14.3 Å². The van der Waals surface area contributed by atoms with Crippen LogP contribution in [-0.2, 0) is 16.0 Å². The van der Waals surface area contributed by atoms with E-state index in [1.54, 1.807) is 6.07 Å². The molecule has 3 N–H and O–H groups in total. The molecule has 0 saturated carbocycles. The molecule has 1 unspecified atom stereocenters. The lowest BCUT2D eigenvalue weighted by atomic mass is 10.0. The number of hydrogen-bond acceptors (Lipinski definition) is 4. The molecule has 2 aliphatic rings. The molecule has 18 heavy (non-hydrogen) atoms. The van der Waals surface area contributed by atoms with Crippen molar-refractivity contribution in [2.75, 3.05) is 24.3 Å². The SMILES string of the molecule is Nc1cc2c(cc1OC1CCOC1)CCC(=O)N2. The Hall–Kier alpha value is -1.75. The maximum Gasteiger partial charge on any atom is 0.224 e. The Morgan fingerprint density at radius 3 is 3.06 bits per heavy atom. The highest BCUT2D eigenvalue weighted by molar-refractivity contribution is 5.94. The van der Waals surface area contributed by atoms with Crippen LogP contribution in [0.15, 0.2) is 12.1 Å². The van der Waals surface area contributed by atoms with Crippen molar-refractivity contribution in [1.29, 1.82) is 0 Å². The highest BCUT2D eigenvalue weighted by Crippen LogP contribution is 2.33. The first-order valence-electron chi connectivity index (χ1n) is 6.19. The summed E-state index contributed by atoms with van der Waals surface area (Å²) in [5.74, 6) is 0.736. The minimum Gasteiger partial charge on any atom is -0.486 e. The van der Waals surface area contributed by atoms with Crippen LogP contribution in [0.3, 0.4) is 0 Å². The summed E-state index contributed by atoms with van der Waals surface area (Å²) in [6, 6.07) is 3.71. The first kappa shape index (κ1) is 11.3. The lowest BCUT2D eigenvalue weighted by molar-refractivity contribution is -0.116. The molecular weight excluding hydrogens is 232 g/mol. The molecule has 0 bridgehead atoms. The third kappa shape index (κ3) is 2.13. The lowest BCUT2D eigenvalue weighted by Gasteiger charge is -2.20. The first-order valence-corrected chi connectivity index (χ1v) is 6.19. The van der Waals surface area contributed by atoms with Crippen molar-refractivity contribution in [1.82, 2.24) is 0 Å². The molecule has 0 radical (unpaired) electrons. The molecule has 96 valence electrons. The number of hydrogen-bond donors (Lipinski definition) is 2. The standard InChI is InChI=1S/C13H16N2O3/c14-10-6-11-8(1-2-13(16)15-11)5-12(10)18-9-3-4-17-7-9/h5-6,9H,1-4,7,14H2,(H,15,16). The molecule has 1 fully saturated rings. The van der Waals surface area contributed by atoms with Gasteiger partial charge >= 0.3 is 0 Å². The normalized spacial score (nSPS) is 22.4. The van der Waals surface area contributed by atoms with Crippen LogP contribution in [0, 0.1) is 0 Å². The summed E-state index contributed by atoms with van der Waals surface area (Å²) in [7, 11) is 0. The van der Waals surface area contributed by atoms with Crippen LogP contribution in [0.1, 0.15) is 18.4 Å². The fourth-order valence-corrected chi connectivity index (χ4v) is 2.31. The van der Waals surface area contributed by atoms with Gasteiger partial charge in [0.15, 0.2) is 0 Å². The number of carbonyl (C=O) groups excluding carboxylic acids is 1. The topological polar surface area (TPSA) is 73.6 Å². The van der Waals surface area contributed by atoms with E-state index in [4.69, 9.17) is 15.2 Å². The zero-order valence-electron chi connectivity index (χ0n) is 10.1. The second-order valence-corrected chi connectivity index (χ2v) is 4.70. The van der Waals surface area contributed by atoms with Gasteiger partial charge in [0.2, 0.25) is 5.91 Å². The fraction of sp³-hybridized carbons (Fsp3) is 0.462. The zero-order valence-corrected chi connectivity index (χ0v) is 10.1. The second-order valence-electron chi connectivity index (χ2n) is 4.70. The average molecular weight is 248 g/mol. The highest BCUT2D eigenvalue weighted by atomic mass is 16.5. The molecule has 0 aliphatic carbocycles. The Kier molecular flexibility index (Phi) is 2.83. The Balaban J connectivity index is 1.84. The van der Waals surface area contributed by atoms with Crippen molar-refractivity contribution in [2.45, 2.75) is 25.4 Å². The van der Waals surface area contributed by atoms with E-state index < -0.39 is 0 Å². The number of benzene rings is 1. The molecule has 1 saturated heterocycles. The molecule has 3 rings (SSSR count). The lowest BCUT2D eigenvalue weighted by Crippen LogP contribution is -2.20. The van der Waals surface area contributed by atoms with Gasteiger partial charge in [-0.25, -0.2) is 0 Å². The molecule has 5 nitrogen and oxygen atoms in total. The van der Waals surface area contributed by atoms with Gasteiger partial charge in [-0.3, -0.25) is 4.79 Å². The molecule has 1 atom stereocenters. The third-order valence-electron chi connectivity index (χ3n) is 3.31. The third-order valence-corrected chi connectivity index (χ3v) is 3.31. The van der Waals surface area contributed by atoms with Gasteiger partial charge in [0.05, 0.1) is 18.9 Å². The summed E-state index contributed by atoms with van der Waals surface area (Å²) >= 11 is 0. The summed E-state index contributed by atoms with van der Waals surface area (Å²) < 4.78 is 11.1. The number of amides is 1. The largest absolute Gasteiger partial charge is 0.486 e. The number of rotatable bonds is 2. The number of nitrogens with one attached hydrogen (secondary N) is 1. The Morgan fingerprint density at radius 2 is 2.28 bits per heavy atom. The van der Waals surface area contributed by atoms with Crippen LogP contribution in [0.4, 0.5) is 11.4 Å². The summed E-state index contributed by atoms with van der Waals surface area (Å²) in [4.78, 5) is 11.3. The van der Waals surface area contributed by atoms with E-state index >= 15 is 0 Å². The number of fused-ring (bicyclic) bond motifs is 1. The number of ether oxygens (including phenoxy) is 2. The van der Waals surface area contributed by atoms with Crippen LogP contribution in [0.5, 0.6) is 5.75 Å². The maximum atomic E-state index is 11.3. The predicted octanol–water partition coefficient (Wildman–Crippen LogP) is 1.32. The van der Waals surface area contributed by atoms with Crippen LogP contribution in [0.25, 0.3) is 0 Å². The van der Waals surface area contributed by atoms with Gasteiger partial charge < -0.3 is 20.5 Å². The van der Waals surface area contributed by atoms with E-state index in [1.807, 2.05) is 6.07 Å². The summed E-state index contributed by atoms with van der Waals surface area (Å²) in [5, 5.41) is 2.82. The van der Waals surface area contributed by atoms with Crippen molar-refractivity contribution >= 4 is 17.3 Å². The van der Waals surface area contributed by atoms with E-state index in [2.05, 4.69) is 5.32 Å². The molecule has 1 aromatic rings. The van der Waals surface area contributed by atoms with Crippen molar-refractivity contribution in [3.05, 3.63) is 17.7 Å². The molecule has 1 amide bonds. The minimum absolute atomic E-state index is 0.0414. The smallest absolute Gasteiger partial charge is 0.224 e. The van der Waals surface area contributed by atoms with Gasteiger partial charge in [-0.05, 0) is 24.1 Å². The quantitative estimate of drug-likeness (QED) is 0.774. The Morgan fingerprint density at radius 1 is 1.39 bits per heavy atom. The number of nitrogen functional groups attached to an aromatic ring is 1. The Bertz CT molecular complexity index is 481. The van der Waals surface area contributed by atoms with E-state index in [1.165, 1.54) is 0 Å². The van der Waals surface area contributed by atoms with Crippen LogP contribution < -0.4 is 15.8 Å². The number of aryl methyl sites for hydroxylation is 1. The van der Waals surface area contributed by atoms with E-state index in [0.29, 0.717) is 24.5 Å². The van der Waals surface area contributed by atoms with Crippen molar-refractivity contribution in [2.24, 2.45) is 0 Å². The fourth-order valence-electron chi connectivity index (χ4n) is 2.31. The summed E-state index contributed by atoms with van der Waals surface area (Å²) in [6.07, 6.45) is 2.23. The average Bonchev–Trinajstić information content (AvgIpc) is 2.83. The van der Waals surface area contributed by atoms with Crippen molar-refractivity contribution in [3.63, 3.8) is 0 Å².